The predicted molar refractivity (Wildman–Crippen MR) is 52.1 cm³/mol. The lowest BCUT2D eigenvalue weighted by Gasteiger charge is -2.44. The Bertz CT molecular complexity index is 151. The highest BCUT2D eigenvalue weighted by Crippen LogP contribution is 2.48. The van der Waals surface area contributed by atoms with Crippen molar-refractivity contribution in [1.82, 2.24) is 0 Å². The van der Waals surface area contributed by atoms with Gasteiger partial charge < -0.3 is 0 Å². The molecule has 1 heteroatoms. The molecule has 0 aliphatic heterocycles. The van der Waals surface area contributed by atoms with Gasteiger partial charge in [0.2, 0.25) is 0 Å². The Morgan fingerprint density at radius 1 is 1.36 bits per heavy atom. The molecule has 0 N–H and O–H groups in total. The summed E-state index contributed by atoms with van der Waals surface area (Å²) in [4.78, 5) is 0. The molecule has 0 nitrogen and oxygen atoms in total. The average molecular weight is 170 g/mol. The summed E-state index contributed by atoms with van der Waals surface area (Å²) in [5, 5.41) is 0. The second-order valence-corrected chi connectivity index (χ2v) is 5.68. The Hall–Kier alpha value is 0.350. The van der Waals surface area contributed by atoms with Crippen LogP contribution < -0.4 is 0 Å². The highest BCUT2D eigenvalue weighted by Gasteiger charge is 2.38. The van der Waals surface area contributed by atoms with Crippen LogP contribution in [0.25, 0.3) is 0 Å². The zero-order chi connectivity index (χ0) is 7.90. The fourth-order valence-corrected chi connectivity index (χ4v) is 3.88. The fourth-order valence-electron chi connectivity index (χ4n) is 3.15. The van der Waals surface area contributed by atoms with Gasteiger partial charge in [-0.05, 0) is 37.5 Å². The van der Waals surface area contributed by atoms with E-state index in [9.17, 15) is 0 Å². The normalized spacial score (nSPS) is 50.7. The highest BCUT2D eigenvalue weighted by molar-refractivity contribution is 7.81. The van der Waals surface area contributed by atoms with Crippen LogP contribution in [0.3, 0.4) is 0 Å². The van der Waals surface area contributed by atoms with E-state index in [2.05, 4.69) is 6.92 Å². The van der Waals surface area contributed by atoms with Crippen LogP contribution in [0.15, 0.2) is 0 Å². The maximum atomic E-state index is 4.82. The molecule has 2 rings (SSSR count). The third-order valence-electron chi connectivity index (χ3n) is 3.39. The van der Waals surface area contributed by atoms with Crippen LogP contribution in [-0.2, 0) is 0 Å². The molecule has 0 radical (unpaired) electrons. The Morgan fingerprint density at radius 3 is 2.91 bits per heavy atom. The molecule has 11 heavy (non-hydrogen) atoms. The molecule has 3 atom stereocenters. The molecule has 0 amide bonds. The van der Waals surface area contributed by atoms with Gasteiger partial charge >= 0.3 is 0 Å². The van der Waals surface area contributed by atoms with Gasteiger partial charge in [-0.1, -0.05) is 19.8 Å². The molecule has 3 unspecified atom stereocenters. The van der Waals surface area contributed by atoms with Crippen molar-refractivity contribution in [3.63, 3.8) is 0 Å². The van der Waals surface area contributed by atoms with Gasteiger partial charge in [0.15, 0.2) is 0 Å². The first-order valence-electron chi connectivity index (χ1n) is 4.90. The Balaban J connectivity index is 2.09. The van der Waals surface area contributed by atoms with Crippen LogP contribution in [0.4, 0.5) is 0 Å². The molecule has 2 aliphatic carbocycles. The van der Waals surface area contributed by atoms with Crippen molar-refractivity contribution in [3.8, 4) is 0 Å². The first kappa shape index (κ1) is 7.97. The molecule has 0 aromatic heterocycles. The van der Waals surface area contributed by atoms with Crippen molar-refractivity contribution in [3.05, 3.63) is 0 Å². The molecular weight excluding hydrogens is 152 g/mol. The number of rotatable bonds is 0. The minimum Gasteiger partial charge on any atom is -0.172 e. The third-order valence-corrected chi connectivity index (χ3v) is 3.98. The fraction of sp³-hybridized carbons (Fsp3) is 1.00. The van der Waals surface area contributed by atoms with E-state index in [4.69, 9.17) is 12.6 Å². The molecule has 2 bridgehead atoms. The summed E-state index contributed by atoms with van der Waals surface area (Å²) in [5.41, 5.74) is 0. The first-order chi connectivity index (χ1) is 5.18. The highest BCUT2D eigenvalue weighted by atomic mass is 32.1. The summed E-state index contributed by atoms with van der Waals surface area (Å²) in [6.07, 6.45) is 8.53. The van der Waals surface area contributed by atoms with E-state index in [-0.39, 0.29) is 0 Å². The number of hydrogen-bond donors (Lipinski definition) is 1. The SMILES string of the molecule is CC1CC2CCCC(S)(C1)C2. The molecule has 0 saturated heterocycles. The van der Waals surface area contributed by atoms with Gasteiger partial charge in [-0.3, -0.25) is 0 Å². The van der Waals surface area contributed by atoms with E-state index in [1.165, 1.54) is 38.5 Å². The summed E-state index contributed by atoms with van der Waals surface area (Å²) >= 11 is 4.82. The predicted octanol–water partition coefficient (Wildman–Crippen LogP) is 3.28. The molecule has 64 valence electrons. The van der Waals surface area contributed by atoms with Gasteiger partial charge in [-0.2, -0.15) is 12.6 Å². The summed E-state index contributed by atoms with van der Waals surface area (Å²) in [6, 6.07) is 0. The summed E-state index contributed by atoms with van der Waals surface area (Å²) in [5.74, 6) is 1.96. The molecule has 2 saturated carbocycles. The van der Waals surface area contributed by atoms with Gasteiger partial charge in [-0.25, -0.2) is 0 Å². The number of thiol groups is 1. The van der Waals surface area contributed by atoms with Crippen molar-refractivity contribution >= 4 is 12.6 Å². The third kappa shape index (κ3) is 1.58. The molecular formula is C10H18S. The number of fused-ring (bicyclic) bond motifs is 2. The quantitative estimate of drug-likeness (QED) is 0.530. The molecule has 0 aromatic rings. The van der Waals surface area contributed by atoms with Crippen LogP contribution in [0.5, 0.6) is 0 Å². The summed E-state index contributed by atoms with van der Waals surface area (Å²) in [7, 11) is 0. The molecule has 0 heterocycles. The Morgan fingerprint density at radius 2 is 2.18 bits per heavy atom. The van der Waals surface area contributed by atoms with E-state index >= 15 is 0 Å². The van der Waals surface area contributed by atoms with E-state index in [0.29, 0.717) is 4.75 Å². The van der Waals surface area contributed by atoms with Crippen molar-refractivity contribution in [2.75, 3.05) is 0 Å². The van der Waals surface area contributed by atoms with Crippen molar-refractivity contribution in [1.29, 1.82) is 0 Å². The lowest BCUT2D eigenvalue weighted by Crippen LogP contribution is -2.37. The lowest BCUT2D eigenvalue weighted by molar-refractivity contribution is 0.172. The van der Waals surface area contributed by atoms with Gasteiger partial charge in [0.05, 0.1) is 0 Å². The second kappa shape index (κ2) is 2.69. The molecule has 2 aliphatic rings. The Kier molecular flexibility index (Phi) is 1.95. The van der Waals surface area contributed by atoms with Crippen molar-refractivity contribution in [2.45, 2.75) is 50.2 Å². The molecule has 2 fully saturated rings. The van der Waals surface area contributed by atoms with E-state index in [0.717, 1.165) is 11.8 Å². The van der Waals surface area contributed by atoms with E-state index < -0.39 is 0 Å². The number of hydrogen-bond acceptors (Lipinski definition) is 1. The minimum atomic E-state index is 0.445. The minimum absolute atomic E-state index is 0.445. The van der Waals surface area contributed by atoms with Crippen LogP contribution in [0.1, 0.15) is 45.4 Å². The standard InChI is InChI=1S/C10H18S/c1-8-5-9-3-2-4-10(11,6-8)7-9/h8-9,11H,2-7H2,1H3. The average Bonchev–Trinajstić information content (AvgIpc) is 1.82. The zero-order valence-corrected chi connectivity index (χ0v) is 8.24. The smallest absolute Gasteiger partial charge is 0.0135 e. The van der Waals surface area contributed by atoms with Crippen LogP contribution in [-0.4, -0.2) is 4.75 Å². The van der Waals surface area contributed by atoms with E-state index in [1.54, 1.807) is 0 Å². The van der Waals surface area contributed by atoms with Crippen LogP contribution in [0, 0.1) is 11.8 Å². The monoisotopic (exact) mass is 170 g/mol. The summed E-state index contributed by atoms with van der Waals surface area (Å²) in [6.45, 7) is 2.39. The van der Waals surface area contributed by atoms with Gasteiger partial charge in [0.1, 0.15) is 0 Å². The zero-order valence-electron chi connectivity index (χ0n) is 7.34. The van der Waals surface area contributed by atoms with Crippen LogP contribution >= 0.6 is 12.6 Å². The Labute approximate surface area is 75.2 Å². The van der Waals surface area contributed by atoms with Crippen LogP contribution in [0.2, 0.25) is 0 Å². The van der Waals surface area contributed by atoms with Crippen molar-refractivity contribution in [2.24, 2.45) is 11.8 Å². The lowest BCUT2D eigenvalue weighted by atomic mass is 9.68. The van der Waals surface area contributed by atoms with Gasteiger partial charge in [0.25, 0.3) is 0 Å². The maximum Gasteiger partial charge on any atom is 0.0135 e. The molecule has 0 aromatic carbocycles. The first-order valence-corrected chi connectivity index (χ1v) is 5.35. The summed E-state index contributed by atoms with van der Waals surface area (Å²) < 4.78 is 0.445. The van der Waals surface area contributed by atoms with Crippen molar-refractivity contribution < 1.29 is 0 Å². The maximum absolute atomic E-state index is 4.82. The van der Waals surface area contributed by atoms with Gasteiger partial charge in [-0.15, -0.1) is 0 Å². The topological polar surface area (TPSA) is 0 Å². The molecule has 0 spiro atoms. The second-order valence-electron chi connectivity index (χ2n) is 4.73. The van der Waals surface area contributed by atoms with Gasteiger partial charge in [0, 0.05) is 4.75 Å². The largest absolute Gasteiger partial charge is 0.172 e. The van der Waals surface area contributed by atoms with E-state index in [1.807, 2.05) is 0 Å².